The summed E-state index contributed by atoms with van der Waals surface area (Å²) in [7, 11) is 7.37. The van der Waals surface area contributed by atoms with Crippen LogP contribution in [0, 0.1) is 0 Å². The van der Waals surface area contributed by atoms with E-state index in [1.165, 1.54) is 11.9 Å². The summed E-state index contributed by atoms with van der Waals surface area (Å²) in [5, 5.41) is 19.0. The Balaban J connectivity index is 1.93. The van der Waals surface area contributed by atoms with Crippen LogP contribution >= 0.6 is 0 Å². The van der Waals surface area contributed by atoms with E-state index >= 15 is 0 Å². The van der Waals surface area contributed by atoms with Crippen LogP contribution in [-0.4, -0.2) is 116 Å². The fourth-order valence-electron chi connectivity index (χ4n) is 4.40. The standard InChI is InChI=1S/C30H40BN7O10/c1-37(25(41)8-9-28(44)45)18-20-15-21(5-4-19(20)16-31)35-29(46)22(3-2-11-33-30(32)47)36-24(40)17-34-23(39)10-13-48-14-12-38-26(42)6-7-27(38)43/h4-7,15,22H,2-3,8-14,16-18H2,1H3,(H,34,39)(H,35,46)(H,36,40)(H,44,45)(H3,32,33,47)/t22-/m0/s1. The third kappa shape index (κ3) is 14.0. The molecule has 2 rings (SSSR count). The molecule has 2 radical (unpaired) electrons. The maximum atomic E-state index is 13.3. The van der Waals surface area contributed by atoms with Crippen molar-refractivity contribution in [2.75, 3.05) is 45.2 Å². The number of ether oxygens (including phenoxy) is 1. The van der Waals surface area contributed by atoms with Crippen LogP contribution in [0.4, 0.5) is 10.5 Å². The number of carbonyl (C=O) groups excluding carboxylic acids is 7. The van der Waals surface area contributed by atoms with Gasteiger partial charge in [0.05, 0.1) is 40.6 Å². The van der Waals surface area contributed by atoms with Crippen LogP contribution in [0.25, 0.3) is 0 Å². The Morgan fingerprint density at radius 2 is 1.69 bits per heavy atom. The zero-order valence-corrected chi connectivity index (χ0v) is 26.6. The third-order valence-corrected chi connectivity index (χ3v) is 6.98. The van der Waals surface area contributed by atoms with E-state index in [4.69, 9.17) is 23.4 Å². The van der Waals surface area contributed by atoms with E-state index in [0.29, 0.717) is 16.8 Å². The van der Waals surface area contributed by atoms with Crippen molar-refractivity contribution < 1.29 is 48.2 Å². The van der Waals surface area contributed by atoms with Gasteiger partial charge in [0.1, 0.15) is 6.04 Å². The number of nitrogens with two attached hydrogens (primary N) is 1. The lowest BCUT2D eigenvalue weighted by Gasteiger charge is -2.21. The number of urea groups is 1. The van der Waals surface area contributed by atoms with Crippen LogP contribution in [0.15, 0.2) is 30.4 Å². The molecule has 0 spiro atoms. The van der Waals surface area contributed by atoms with Gasteiger partial charge in [-0.15, -0.1) is 0 Å². The maximum absolute atomic E-state index is 13.3. The normalized spacial score (nSPS) is 12.7. The topological polar surface area (TPSA) is 247 Å². The number of nitrogens with zero attached hydrogens (tertiary/aromatic N) is 2. The summed E-state index contributed by atoms with van der Waals surface area (Å²) in [6, 6.07) is 3.07. The van der Waals surface area contributed by atoms with Crippen molar-refractivity contribution in [2.24, 2.45) is 5.73 Å². The SMILES string of the molecule is [B]Cc1ccc(NC(=O)[C@H](CCCNC(N)=O)NC(=O)CNC(=O)CCOCCN2C(=O)C=CC2=O)cc1CN(C)C(=O)CCC(=O)O. The second-order valence-electron chi connectivity index (χ2n) is 10.7. The lowest BCUT2D eigenvalue weighted by molar-refractivity contribution is -0.140. The first-order valence-electron chi connectivity index (χ1n) is 15.1. The highest BCUT2D eigenvalue weighted by molar-refractivity contribution is 6.12. The summed E-state index contributed by atoms with van der Waals surface area (Å²) in [4.78, 5) is 97.7. The molecule has 1 aliphatic rings. The number of carboxylic acids is 1. The van der Waals surface area contributed by atoms with Gasteiger partial charge in [-0.3, -0.25) is 38.5 Å². The number of hydrogen-bond donors (Lipinski definition) is 6. The van der Waals surface area contributed by atoms with Gasteiger partial charge >= 0.3 is 12.0 Å². The average molecular weight is 670 g/mol. The number of carboxylic acid groups (broad SMARTS) is 1. The molecule has 0 unspecified atom stereocenters. The van der Waals surface area contributed by atoms with Crippen LogP contribution in [-0.2, 0) is 51.2 Å². The van der Waals surface area contributed by atoms with Crippen molar-refractivity contribution in [2.45, 2.75) is 51.0 Å². The number of primary amides is 1. The van der Waals surface area contributed by atoms with Crippen LogP contribution in [0.1, 0.15) is 43.2 Å². The Morgan fingerprint density at radius 1 is 0.979 bits per heavy atom. The predicted molar refractivity (Wildman–Crippen MR) is 171 cm³/mol. The Labute approximate surface area is 278 Å². The van der Waals surface area contributed by atoms with Crippen molar-refractivity contribution in [3.8, 4) is 0 Å². The molecule has 18 heteroatoms. The highest BCUT2D eigenvalue weighted by atomic mass is 16.5. The Morgan fingerprint density at radius 3 is 2.33 bits per heavy atom. The van der Waals surface area contributed by atoms with Crippen LogP contribution in [0.5, 0.6) is 0 Å². The third-order valence-electron chi connectivity index (χ3n) is 6.98. The first-order valence-corrected chi connectivity index (χ1v) is 15.1. The number of benzene rings is 1. The molecule has 48 heavy (non-hydrogen) atoms. The van der Waals surface area contributed by atoms with Crippen molar-refractivity contribution in [3.05, 3.63) is 41.5 Å². The Hall–Kier alpha value is -5.26. The smallest absolute Gasteiger partial charge is 0.312 e. The summed E-state index contributed by atoms with van der Waals surface area (Å²) in [6.07, 6.45) is 2.24. The van der Waals surface area contributed by atoms with E-state index in [0.717, 1.165) is 17.1 Å². The van der Waals surface area contributed by atoms with Gasteiger partial charge in [0.2, 0.25) is 23.6 Å². The van der Waals surface area contributed by atoms with Crippen LogP contribution < -0.4 is 27.0 Å². The van der Waals surface area contributed by atoms with Gasteiger partial charge in [0.25, 0.3) is 11.8 Å². The molecule has 0 saturated heterocycles. The first-order chi connectivity index (χ1) is 22.8. The van der Waals surface area contributed by atoms with Gasteiger partial charge in [0.15, 0.2) is 0 Å². The van der Waals surface area contributed by atoms with Gasteiger partial charge < -0.3 is 41.7 Å². The minimum Gasteiger partial charge on any atom is -0.481 e. The number of anilines is 1. The highest BCUT2D eigenvalue weighted by Crippen LogP contribution is 2.19. The molecule has 1 aromatic carbocycles. The fraction of sp³-hybridized carbons (Fsp3) is 0.467. The number of imide groups is 1. The molecule has 8 amide bonds. The Kier molecular flexibility index (Phi) is 16.3. The number of rotatable bonds is 21. The van der Waals surface area contributed by atoms with Crippen molar-refractivity contribution >= 4 is 61.0 Å². The zero-order valence-electron chi connectivity index (χ0n) is 26.6. The maximum Gasteiger partial charge on any atom is 0.312 e. The minimum atomic E-state index is -1.09. The number of amides is 8. The molecule has 0 saturated carbocycles. The summed E-state index contributed by atoms with van der Waals surface area (Å²) >= 11 is 0. The van der Waals surface area contributed by atoms with E-state index in [-0.39, 0.29) is 77.2 Å². The van der Waals surface area contributed by atoms with E-state index in [1.54, 1.807) is 18.2 Å². The molecule has 7 N–H and O–H groups in total. The average Bonchev–Trinajstić information content (AvgIpc) is 3.36. The van der Waals surface area contributed by atoms with Gasteiger partial charge in [0, 0.05) is 50.8 Å². The largest absolute Gasteiger partial charge is 0.481 e. The molecule has 258 valence electrons. The van der Waals surface area contributed by atoms with E-state index < -0.39 is 54.1 Å². The zero-order chi connectivity index (χ0) is 35.6. The molecular formula is C30H40BN7O10. The minimum absolute atomic E-state index is 0.0216. The summed E-state index contributed by atoms with van der Waals surface area (Å²) in [5.74, 6) is -4.12. The number of aliphatic carboxylic acids is 1. The quantitative estimate of drug-likeness (QED) is 0.0502. The summed E-state index contributed by atoms with van der Waals surface area (Å²) < 4.78 is 5.29. The highest BCUT2D eigenvalue weighted by Gasteiger charge is 2.23. The molecule has 0 aromatic heterocycles. The molecule has 1 atom stereocenters. The number of carbonyl (C=O) groups is 8. The summed E-state index contributed by atoms with van der Waals surface area (Å²) in [5.41, 5.74) is 6.75. The monoisotopic (exact) mass is 669 g/mol. The van der Waals surface area contributed by atoms with E-state index in [2.05, 4.69) is 21.3 Å². The van der Waals surface area contributed by atoms with Crippen molar-refractivity contribution in [1.82, 2.24) is 25.8 Å². The van der Waals surface area contributed by atoms with Gasteiger partial charge in [-0.25, -0.2) is 4.79 Å². The molecule has 0 fully saturated rings. The Bertz CT molecular complexity index is 1390. The molecule has 1 aromatic rings. The molecule has 0 aliphatic carbocycles. The van der Waals surface area contributed by atoms with Crippen LogP contribution in [0.3, 0.4) is 0 Å². The molecule has 1 aliphatic heterocycles. The van der Waals surface area contributed by atoms with Gasteiger partial charge in [-0.1, -0.05) is 17.9 Å². The van der Waals surface area contributed by atoms with Crippen molar-refractivity contribution in [3.63, 3.8) is 0 Å². The predicted octanol–water partition coefficient (Wildman–Crippen LogP) is -1.50. The second kappa shape index (κ2) is 20.1. The summed E-state index contributed by atoms with van der Waals surface area (Å²) in [6.45, 7) is -0.148. The lowest BCUT2D eigenvalue weighted by atomic mass is 9.92. The second-order valence-corrected chi connectivity index (χ2v) is 10.7. The van der Waals surface area contributed by atoms with E-state index in [1.807, 2.05) is 0 Å². The van der Waals surface area contributed by atoms with E-state index in [9.17, 15) is 38.4 Å². The molecular weight excluding hydrogens is 629 g/mol. The molecule has 0 bridgehead atoms. The van der Waals surface area contributed by atoms with Gasteiger partial charge in [-0.2, -0.15) is 0 Å². The number of hydrogen-bond acceptors (Lipinski definition) is 9. The lowest BCUT2D eigenvalue weighted by Crippen LogP contribution is -2.47. The first kappa shape index (κ1) is 38.9. The van der Waals surface area contributed by atoms with Gasteiger partial charge in [-0.05, 0) is 30.5 Å². The van der Waals surface area contributed by atoms with Crippen molar-refractivity contribution in [1.29, 1.82) is 0 Å². The number of nitrogens with one attached hydrogen (secondary N) is 4. The molecule has 17 nitrogen and oxygen atoms in total. The van der Waals surface area contributed by atoms with Crippen LogP contribution in [0.2, 0.25) is 0 Å². The molecule has 1 heterocycles. The fourth-order valence-corrected chi connectivity index (χ4v) is 4.40.